The minimum absolute atomic E-state index is 0.0735. The van der Waals surface area contributed by atoms with Gasteiger partial charge in [-0.05, 0) is 54.3 Å². The summed E-state index contributed by atoms with van der Waals surface area (Å²) in [5.41, 5.74) is 6.22. The van der Waals surface area contributed by atoms with Crippen LogP contribution in [0.2, 0.25) is 0 Å². The van der Waals surface area contributed by atoms with Gasteiger partial charge < -0.3 is 9.47 Å². The molecule has 0 fully saturated rings. The van der Waals surface area contributed by atoms with Gasteiger partial charge in [-0.1, -0.05) is 48.0 Å². The Balaban J connectivity index is 1.51. The predicted molar refractivity (Wildman–Crippen MR) is 117 cm³/mol. The molecule has 4 aromatic rings. The summed E-state index contributed by atoms with van der Waals surface area (Å²) in [5.74, 6) is -0.155. The second-order valence-corrected chi connectivity index (χ2v) is 8.08. The van der Waals surface area contributed by atoms with Crippen LogP contribution in [0.1, 0.15) is 32.6 Å². The van der Waals surface area contributed by atoms with Crippen molar-refractivity contribution in [1.29, 1.82) is 0 Å². The molecule has 0 N–H and O–H groups in total. The third kappa shape index (κ3) is 3.39. The number of amides is 1. The van der Waals surface area contributed by atoms with Gasteiger partial charge >= 0.3 is 0 Å². The van der Waals surface area contributed by atoms with Crippen LogP contribution in [0.5, 0.6) is 0 Å². The van der Waals surface area contributed by atoms with Gasteiger partial charge in [0.15, 0.2) is 0 Å². The Kier molecular flexibility index (Phi) is 4.62. The zero-order chi connectivity index (χ0) is 20.7. The number of rotatable bonds is 4. The van der Waals surface area contributed by atoms with Gasteiger partial charge in [-0.2, -0.15) is 0 Å². The van der Waals surface area contributed by atoms with Gasteiger partial charge in [0.1, 0.15) is 5.82 Å². The maximum atomic E-state index is 13.6. The second kappa shape index (κ2) is 7.45. The lowest BCUT2D eigenvalue weighted by atomic mass is 10.1. The lowest BCUT2D eigenvalue weighted by Crippen LogP contribution is -2.31. The van der Waals surface area contributed by atoms with E-state index in [2.05, 4.69) is 35.9 Å². The van der Waals surface area contributed by atoms with Crippen molar-refractivity contribution >= 4 is 16.8 Å². The molecule has 150 valence electrons. The van der Waals surface area contributed by atoms with Crippen molar-refractivity contribution in [2.45, 2.75) is 26.4 Å². The fourth-order valence-corrected chi connectivity index (χ4v) is 4.48. The highest BCUT2D eigenvalue weighted by Crippen LogP contribution is 2.30. The van der Waals surface area contributed by atoms with E-state index in [9.17, 15) is 9.18 Å². The highest BCUT2D eigenvalue weighted by molar-refractivity contribution is 6.08. The van der Waals surface area contributed by atoms with Crippen LogP contribution in [0.15, 0.2) is 72.9 Å². The molecule has 0 aliphatic carbocycles. The Morgan fingerprint density at radius 2 is 1.70 bits per heavy atom. The summed E-state index contributed by atoms with van der Waals surface area (Å²) in [7, 11) is 0. The molecular formula is C26H23FN2O. The van der Waals surface area contributed by atoms with E-state index >= 15 is 0 Å². The first-order valence-corrected chi connectivity index (χ1v) is 10.3. The molecule has 1 aliphatic rings. The number of carbonyl (C=O) groups is 1. The molecule has 1 amide bonds. The van der Waals surface area contributed by atoms with Crippen molar-refractivity contribution in [3.05, 3.63) is 107 Å². The summed E-state index contributed by atoms with van der Waals surface area (Å²) in [6.45, 7) is 3.95. The lowest BCUT2D eigenvalue weighted by molar-refractivity contribution is 0.0750. The fourth-order valence-electron chi connectivity index (χ4n) is 4.48. The van der Waals surface area contributed by atoms with Gasteiger partial charge in [0, 0.05) is 42.3 Å². The SMILES string of the molecule is Cc1cccc(CN2CCc3cn(Cc4cccc(F)c4)c4cccc(c34)C2=O)c1. The molecule has 0 bridgehead atoms. The molecule has 0 saturated heterocycles. The molecule has 30 heavy (non-hydrogen) atoms. The van der Waals surface area contributed by atoms with Gasteiger partial charge in [0.25, 0.3) is 5.91 Å². The first-order chi connectivity index (χ1) is 14.6. The van der Waals surface area contributed by atoms with Crippen LogP contribution >= 0.6 is 0 Å². The average molecular weight is 398 g/mol. The van der Waals surface area contributed by atoms with Gasteiger partial charge in [0.05, 0.1) is 0 Å². The largest absolute Gasteiger partial charge is 0.343 e. The number of halogens is 1. The minimum atomic E-state index is -0.229. The normalized spacial score (nSPS) is 13.7. The van der Waals surface area contributed by atoms with Crippen LogP contribution < -0.4 is 0 Å². The third-order valence-electron chi connectivity index (χ3n) is 5.85. The maximum absolute atomic E-state index is 13.6. The molecule has 4 heteroatoms. The number of benzene rings is 3. The fraction of sp³-hybridized carbons (Fsp3) is 0.192. The molecule has 0 spiro atoms. The zero-order valence-electron chi connectivity index (χ0n) is 16.9. The Morgan fingerprint density at radius 1 is 0.933 bits per heavy atom. The van der Waals surface area contributed by atoms with E-state index in [4.69, 9.17) is 0 Å². The molecule has 0 radical (unpaired) electrons. The quantitative estimate of drug-likeness (QED) is 0.456. The third-order valence-corrected chi connectivity index (χ3v) is 5.85. The topological polar surface area (TPSA) is 25.2 Å². The molecule has 0 saturated carbocycles. The van der Waals surface area contributed by atoms with Crippen molar-refractivity contribution < 1.29 is 9.18 Å². The summed E-state index contributed by atoms with van der Waals surface area (Å²) >= 11 is 0. The lowest BCUT2D eigenvalue weighted by Gasteiger charge is -2.21. The van der Waals surface area contributed by atoms with Crippen LogP contribution in [-0.4, -0.2) is 21.9 Å². The molecule has 5 rings (SSSR count). The monoisotopic (exact) mass is 398 g/mol. The Labute approximate surface area is 175 Å². The number of hydrogen-bond acceptors (Lipinski definition) is 1. The van der Waals surface area contributed by atoms with Crippen molar-refractivity contribution in [3.63, 3.8) is 0 Å². The number of aromatic nitrogens is 1. The van der Waals surface area contributed by atoms with Crippen LogP contribution in [0.4, 0.5) is 4.39 Å². The molecule has 3 aromatic carbocycles. The van der Waals surface area contributed by atoms with E-state index in [0.717, 1.165) is 34.0 Å². The van der Waals surface area contributed by atoms with Gasteiger partial charge in [-0.3, -0.25) is 4.79 Å². The van der Waals surface area contributed by atoms with E-state index in [-0.39, 0.29) is 11.7 Å². The van der Waals surface area contributed by atoms with E-state index in [0.29, 0.717) is 19.6 Å². The molecule has 2 heterocycles. The Hall–Kier alpha value is -3.40. The summed E-state index contributed by atoms with van der Waals surface area (Å²) < 4.78 is 15.8. The predicted octanol–water partition coefficient (Wildman–Crippen LogP) is 5.34. The van der Waals surface area contributed by atoms with E-state index < -0.39 is 0 Å². The number of carbonyl (C=O) groups excluding carboxylic acids is 1. The number of hydrogen-bond donors (Lipinski definition) is 0. The van der Waals surface area contributed by atoms with Crippen LogP contribution in [0.3, 0.4) is 0 Å². The highest BCUT2D eigenvalue weighted by Gasteiger charge is 2.25. The minimum Gasteiger partial charge on any atom is -0.343 e. The first kappa shape index (κ1) is 18.6. The summed E-state index contributed by atoms with van der Waals surface area (Å²) in [4.78, 5) is 15.3. The number of aryl methyl sites for hydroxylation is 1. The van der Waals surface area contributed by atoms with Gasteiger partial charge in [-0.25, -0.2) is 4.39 Å². The van der Waals surface area contributed by atoms with Gasteiger partial charge in [-0.15, -0.1) is 0 Å². The Morgan fingerprint density at radius 3 is 2.50 bits per heavy atom. The van der Waals surface area contributed by atoms with Crippen LogP contribution in [0, 0.1) is 12.7 Å². The highest BCUT2D eigenvalue weighted by atomic mass is 19.1. The molecule has 0 unspecified atom stereocenters. The zero-order valence-corrected chi connectivity index (χ0v) is 16.9. The smallest absolute Gasteiger partial charge is 0.254 e. The maximum Gasteiger partial charge on any atom is 0.254 e. The van der Waals surface area contributed by atoms with E-state index in [1.165, 1.54) is 17.2 Å². The first-order valence-electron chi connectivity index (χ1n) is 10.3. The molecule has 1 aliphatic heterocycles. The van der Waals surface area contributed by atoms with Crippen molar-refractivity contribution in [2.24, 2.45) is 0 Å². The summed E-state index contributed by atoms with van der Waals surface area (Å²) in [6, 6.07) is 20.9. The summed E-state index contributed by atoms with van der Waals surface area (Å²) in [5, 5.41) is 1.03. The molecular weight excluding hydrogens is 375 g/mol. The van der Waals surface area contributed by atoms with E-state index in [1.54, 1.807) is 12.1 Å². The standard InChI is InChI=1S/C26H23FN2O/c1-18-5-2-6-19(13-18)15-28-12-11-21-17-29(16-20-7-3-8-22(27)14-20)24-10-4-9-23(25(21)24)26(28)30/h2-10,13-14,17H,11-12,15-16H2,1H3. The molecule has 1 aromatic heterocycles. The van der Waals surface area contributed by atoms with Crippen LogP contribution in [-0.2, 0) is 19.5 Å². The average Bonchev–Trinajstić information content (AvgIpc) is 3.02. The van der Waals surface area contributed by atoms with Crippen molar-refractivity contribution in [3.8, 4) is 0 Å². The molecule has 0 atom stereocenters. The van der Waals surface area contributed by atoms with Crippen LogP contribution in [0.25, 0.3) is 10.9 Å². The van der Waals surface area contributed by atoms with Gasteiger partial charge in [0.2, 0.25) is 0 Å². The Bertz CT molecular complexity index is 1260. The van der Waals surface area contributed by atoms with Crippen molar-refractivity contribution in [1.82, 2.24) is 9.47 Å². The summed E-state index contributed by atoms with van der Waals surface area (Å²) in [6.07, 6.45) is 2.93. The molecule has 3 nitrogen and oxygen atoms in total. The number of nitrogens with zero attached hydrogens (tertiary/aromatic N) is 2. The second-order valence-electron chi connectivity index (χ2n) is 8.08. The van der Waals surface area contributed by atoms with E-state index in [1.807, 2.05) is 35.2 Å². The van der Waals surface area contributed by atoms with Crippen molar-refractivity contribution in [2.75, 3.05) is 6.54 Å².